The molecule has 6 rings (SSSR count). The lowest BCUT2D eigenvalue weighted by atomic mass is 9.97. The molecule has 1 atom stereocenters. The van der Waals surface area contributed by atoms with Gasteiger partial charge in [-0.25, -0.2) is 9.69 Å². The molecule has 1 aliphatic heterocycles. The summed E-state index contributed by atoms with van der Waals surface area (Å²) in [6, 6.07) is 25.1. The lowest BCUT2D eigenvalue weighted by Gasteiger charge is -2.20. The fourth-order valence-electron chi connectivity index (χ4n) is 4.23. The van der Waals surface area contributed by atoms with Crippen LogP contribution in [0, 0.1) is 0 Å². The van der Waals surface area contributed by atoms with Crippen LogP contribution in [0.15, 0.2) is 112 Å². The maximum atomic E-state index is 13.4. The molecular formula is C27H20N4O2S. The number of carbonyl (C=O) groups is 1. The molecule has 0 bridgehead atoms. The van der Waals surface area contributed by atoms with E-state index in [9.17, 15) is 4.79 Å². The van der Waals surface area contributed by atoms with E-state index in [4.69, 9.17) is 14.6 Å². The SMILES string of the molecule is O=C(c1ccco1)N1N=C(c2ccccc2)C[C@H]1c1cn(-c2ccccc2)nc1-c1ccsc1. The van der Waals surface area contributed by atoms with Crippen LogP contribution in [0.25, 0.3) is 16.9 Å². The Balaban J connectivity index is 1.48. The molecule has 0 unspecified atom stereocenters. The number of rotatable bonds is 5. The Morgan fingerprint density at radius 2 is 1.74 bits per heavy atom. The molecule has 0 saturated heterocycles. The van der Waals surface area contributed by atoms with E-state index in [2.05, 4.69) is 11.4 Å². The summed E-state index contributed by atoms with van der Waals surface area (Å²) in [5.41, 5.74) is 5.61. The van der Waals surface area contributed by atoms with Crippen molar-refractivity contribution in [1.82, 2.24) is 14.8 Å². The number of carbonyl (C=O) groups excluding carboxylic acids is 1. The molecule has 0 fully saturated rings. The van der Waals surface area contributed by atoms with Crippen LogP contribution in [-0.4, -0.2) is 26.4 Å². The third kappa shape index (κ3) is 3.66. The molecule has 166 valence electrons. The highest BCUT2D eigenvalue weighted by molar-refractivity contribution is 7.08. The molecule has 0 spiro atoms. The molecule has 6 nitrogen and oxygen atoms in total. The van der Waals surface area contributed by atoms with Crippen molar-refractivity contribution in [1.29, 1.82) is 0 Å². The van der Waals surface area contributed by atoms with Crippen LogP contribution in [0.5, 0.6) is 0 Å². The summed E-state index contributed by atoms with van der Waals surface area (Å²) < 4.78 is 7.30. The van der Waals surface area contributed by atoms with Crippen LogP contribution >= 0.6 is 11.3 Å². The summed E-state index contributed by atoms with van der Waals surface area (Å²) in [5.74, 6) is -0.0137. The van der Waals surface area contributed by atoms with E-state index in [1.165, 1.54) is 6.26 Å². The van der Waals surface area contributed by atoms with Crippen LogP contribution in [0.2, 0.25) is 0 Å². The molecule has 7 heteroatoms. The quantitative estimate of drug-likeness (QED) is 0.312. The van der Waals surface area contributed by atoms with E-state index < -0.39 is 0 Å². The first kappa shape index (κ1) is 20.4. The highest BCUT2D eigenvalue weighted by Gasteiger charge is 2.37. The van der Waals surface area contributed by atoms with Gasteiger partial charge in [0.25, 0.3) is 0 Å². The summed E-state index contributed by atoms with van der Waals surface area (Å²) in [5, 5.41) is 15.4. The number of amides is 1. The Hall–Kier alpha value is -4.23. The van der Waals surface area contributed by atoms with Crippen molar-refractivity contribution in [2.75, 3.05) is 0 Å². The van der Waals surface area contributed by atoms with E-state index >= 15 is 0 Å². The topological polar surface area (TPSA) is 63.6 Å². The summed E-state index contributed by atoms with van der Waals surface area (Å²) in [6.07, 6.45) is 4.09. The number of thiophene rings is 1. The number of furan rings is 1. The molecule has 0 radical (unpaired) electrons. The molecule has 3 aromatic heterocycles. The smallest absolute Gasteiger partial charge is 0.310 e. The molecule has 2 aromatic carbocycles. The first-order valence-corrected chi connectivity index (χ1v) is 11.9. The number of aromatic nitrogens is 2. The van der Waals surface area contributed by atoms with Gasteiger partial charge in [-0.05, 0) is 41.3 Å². The van der Waals surface area contributed by atoms with Gasteiger partial charge in [0.05, 0.1) is 29.4 Å². The highest BCUT2D eigenvalue weighted by Crippen LogP contribution is 2.39. The van der Waals surface area contributed by atoms with Crippen molar-refractivity contribution in [2.45, 2.75) is 12.5 Å². The van der Waals surface area contributed by atoms with E-state index in [1.54, 1.807) is 28.5 Å². The van der Waals surface area contributed by atoms with Crippen molar-refractivity contribution in [3.05, 3.63) is 119 Å². The third-order valence-electron chi connectivity index (χ3n) is 5.87. The van der Waals surface area contributed by atoms with Gasteiger partial charge in [0, 0.05) is 29.1 Å². The Morgan fingerprint density at radius 3 is 2.44 bits per heavy atom. The van der Waals surface area contributed by atoms with Crippen LogP contribution in [0.3, 0.4) is 0 Å². The van der Waals surface area contributed by atoms with E-state index in [-0.39, 0.29) is 17.7 Å². The van der Waals surface area contributed by atoms with Crippen molar-refractivity contribution < 1.29 is 9.21 Å². The maximum Gasteiger partial charge on any atom is 0.310 e. The van der Waals surface area contributed by atoms with Gasteiger partial charge in [-0.3, -0.25) is 4.79 Å². The van der Waals surface area contributed by atoms with Gasteiger partial charge in [0.15, 0.2) is 5.76 Å². The predicted molar refractivity (Wildman–Crippen MR) is 132 cm³/mol. The molecule has 4 heterocycles. The summed E-state index contributed by atoms with van der Waals surface area (Å²) in [6.45, 7) is 0. The average molecular weight is 465 g/mol. The number of benzene rings is 2. The second kappa shape index (κ2) is 8.61. The van der Waals surface area contributed by atoms with Crippen molar-refractivity contribution in [3.8, 4) is 16.9 Å². The number of nitrogens with zero attached hydrogens (tertiary/aromatic N) is 4. The van der Waals surface area contributed by atoms with Gasteiger partial charge in [-0.15, -0.1) is 0 Å². The normalized spacial score (nSPS) is 15.5. The fraction of sp³-hybridized carbons (Fsp3) is 0.0741. The largest absolute Gasteiger partial charge is 0.459 e. The number of hydrogen-bond donors (Lipinski definition) is 0. The van der Waals surface area contributed by atoms with Crippen molar-refractivity contribution in [2.24, 2.45) is 5.10 Å². The van der Waals surface area contributed by atoms with Crippen LogP contribution in [0.1, 0.15) is 34.1 Å². The first-order chi connectivity index (χ1) is 16.8. The Labute approximate surface area is 200 Å². The van der Waals surface area contributed by atoms with Gasteiger partial charge >= 0.3 is 5.91 Å². The lowest BCUT2D eigenvalue weighted by molar-refractivity contribution is 0.0679. The molecule has 0 aliphatic carbocycles. The summed E-state index contributed by atoms with van der Waals surface area (Å²) >= 11 is 1.62. The molecule has 0 saturated carbocycles. The van der Waals surface area contributed by atoms with Gasteiger partial charge in [-0.2, -0.15) is 21.5 Å². The van der Waals surface area contributed by atoms with Gasteiger partial charge < -0.3 is 4.42 Å². The van der Waals surface area contributed by atoms with Crippen molar-refractivity contribution in [3.63, 3.8) is 0 Å². The molecule has 1 amide bonds. The monoisotopic (exact) mass is 464 g/mol. The lowest BCUT2D eigenvalue weighted by Crippen LogP contribution is -2.26. The van der Waals surface area contributed by atoms with Gasteiger partial charge in [0.2, 0.25) is 0 Å². The second-order valence-electron chi connectivity index (χ2n) is 7.98. The second-order valence-corrected chi connectivity index (χ2v) is 8.76. The summed E-state index contributed by atoms with van der Waals surface area (Å²) in [7, 11) is 0. The van der Waals surface area contributed by atoms with E-state index in [0.717, 1.165) is 33.8 Å². The number of para-hydroxylation sites is 1. The number of hydrazone groups is 1. The zero-order valence-electron chi connectivity index (χ0n) is 18.1. The van der Waals surface area contributed by atoms with Crippen LogP contribution in [-0.2, 0) is 0 Å². The Bertz CT molecular complexity index is 1440. The molecule has 1 aliphatic rings. The Kier molecular flexibility index (Phi) is 5.16. The van der Waals surface area contributed by atoms with E-state index in [0.29, 0.717) is 6.42 Å². The van der Waals surface area contributed by atoms with Gasteiger partial charge in [-0.1, -0.05) is 48.5 Å². The minimum atomic E-state index is -0.319. The van der Waals surface area contributed by atoms with Gasteiger partial charge in [0.1, 0.15) is 0 Å². The predicted octanol–water partition coefficient (Wildman–Crippen LogP) is 6.19. The highest BCUT2D eigenvalue weighted by atomic mass is 32.1. The molecular weight excluding hydrogens is 444 g/mol. The fourth-order valence-corrected chi connectivity index (χ4v) is 4.87. The minimum absolute atomic E-state index is 0.260. The maximum absolute atomic E-state index is 13.4. The van der Waals surface area contributed by atoms with Crippen LogP contribution in [0.4, 0.5) is 0 Å². The zero-order valence-corrected chi connectivity index (χ0v) is 18.9. The standard InChI is InChI=1S/C27H20N4O2S/c32-27(25-12-7-14-33-25)31-24(16-23(28-31)19-8-3-1-4-9-19)22-17-30(21-10-5-2-6-11-21)29-26(22)20-13-15-34-18-20/h1-15,17-18,24H,16H2/t24-/m0/s1. The minimum Gasteiger partial charge on any atom is -0.459 e. The molecule has 34 heavy (non-hydrogen) atoms. The number of hydrogen-bond acceptors (Lipinski definition) is 5. The Morgan fingerprint density at radius 1 is 0.941 bits per heavy atom. The van der Waals surface area contributed by atoms with Crippen molar-refractivity contribution >= 4 is 23.0 Å². The summed E-state index contributed by atoms with van der Waals surface area (Å²) in [4.78, 5) is 13.4. The molecule has 0 N–H and O–H groups in total. The zero-order chi connectivity index (χ0) is 22.9. The average Bonchev–Trinajstić information content (AvgIpc) is 3.70. The first-order valence-electron chi connectivity index (χ1n) is 11.0. The van der Waals surface area contributed by atoms with E-state index in [1.807, 2.05) is 76.9 Å². The molecule has 5 aromatic rings. The third-order valence-corrected chi connectivity index (χ3v) is 6.56. The van der Waals surface area contributed by atoms with Crippen LogP contribution < -0.4 is 0 Å².